The number of ether oxygens (including phenoxy) is 2. The molecule has 18 heavy (non-hydrogen) atoms. The second-order valence-electron chi connectivity index (χ2n) is 4.94. The van der Waals surface area contributed by atoms with Gasteiger partial charge in [-0.1, -0.05) is 13.8 Å². The summed E-state index contributed by atoms with van der Waals surface area (Å²) in [7, 11) is 0. The SMILES string of the molecule is CC(C)(CCN)C(=O)Nc1ccc2c(c1)OCO2. The third-order valence-electron chi connectivity index (χ3n) is 3.01. The summed E-state index contributed by atoms with van der Waals surface area (Å²) in [5.74, 6) is 1.31. The third kappa shape index (κ3) is 2.56. The molecular formula is C13H18N2O3. The maximum absolute atomic E-state index is 12.1. The Kier molecular flexibility index (Phi) is 3.43. The maximum Gasteiger partial charge on any atom is 0.231 e. The number of amides is 1. The normalized spacial score (nSPS) is 13.5. The predicted octanol–water partition coefficient (Wildman–Crippen LogP) is 1.73. The highest BCUT2D eigenvalue weighted by Gasteiger charge is 2.27. The maximum atomic E-state index is 12.1. The van der Waals surface area contributed by atoms with Crippen molar-refractivity contribution in [3.05, 3.63) is 18.2 Å². The largest absolute Gasteiger partial charge is 0.454 e. The van der Waals surface area contributed by atoms with E-state index in [4.69, 9.17) is 15.2 Å². The van der Waals surface area contributed by atoms with Gasteiger partial charge in [0.15, 0.2) is 11.5 Å². The van der Waals surface area contributed by atoms with E-state index in [9.17, 15) is 4.79 Å². The fourth-order valence-corrected chi connectivity index (χ4v) is 1.75. The molecule has 2 rings (SSSR count). The highest BCUT2D eigenvalue weighted by Crippen LogP contribution is 2.34. The Balaban J connectivity index is 2.08. The summed E-state index contributed by atoms with van der Waals surface area (Å²) in [5, 5.41) is 2.87. The molecule has 0 radical (unpaired) electrons. The lowest BCUT2D eigenvalue weighted by Gasteiger charge is -2.22. The molecule has 1 aromatic rings. The Labute approximate surface area is 106 Å². The van der Waals surface area contributed by atoms with Crippen LogP contribution in [0.4, 0.5) is 5.69 Å². The molecule has 0 bridgehead atoms. The van der Waals surface area contributed by atoms with Gasteiger partial charge in [-0.3, -0.25) is 4.79 Å². The Hall–Kier alpha value is -1.75. The third-order valence-corrected chi connectivity index (χ3v) is 3.01. The molecule has 3 N–H and O–H groups in total. The number of anilines is 1. The zero-order chi connectivity index (χ0) is 13.2. The van der Waals surface area contributed by atoms with Crippen LogP contribution in [0.25, 0.3) is 0 Å². The first-order valence-electron chi connectivity index (χ1n) is 5.94. The van der Waals surface area contributed by atoms with Crippen LogP contribution in [0.15, 0.2) is 18.2 Å². The first-order valence-corrected chi connectivity index (χ1v) is 5.94. The van der Waals surface area contributed by atoms with Gasteiger partial charge >= 0.3 is 0 Å². The number of fused-ring (bicyclic) bond motifs is 1. The van der Waals surface area contributed by atoms with Crippen LogP contribution in [-0.4, -0.2) is 19.2 Å². The van der Waals surface area contributed by atoms with E-state index in [1.165, 1.54) is 0 Å². The minimum Gasteiger partial charge on any atom is -0.454 e. The molecule has 0 fully saturated rings. The van der Waals surface area contributed by atoms with Gasteiger partial charge in [-0.25, -0.2) is 0 Å². The number of hydrogen-bond acceptors (Lipinski definition) is 4. The standard InChI is InChI=1S/C13H18N2O3/c1-13(2,5-6-14)12(16)15-9-3-4-10-11(7-9)18-8-17-10/h3-4,7H,5-6,8,14H2,1-2H3,(H,15,16). The highest BCUT2D eigenvalue weighted by molar-refractivity contribution is 5.95. The lowest BCUT2D eigenvalue weighted by Crippen LogP contribution is -2.32. The predicted molar refractivity (Wildman–Crippen MR) is 68.6 cm³/mol. The molecule has 5 nitrogen and oxygen atoms in total. The molecule has 1 heterocycles. The number of benzene rings is 1. The molecule has 0 saturated heterocycles. The number of rotatable bonds is 4. The topological polar surface area (TPSA) is 73.6 Å². The molecule has 5 heteroatoms. The quantitative estimate of drug-likeness (QED) is 0.853. The average Bonchev–Trinajstić information content (AvgIpc) is 2.76. The molecule has 0 unspecified atom stereocenters. The van der Waals surface area contributed by atoms with E-state index in [1.807, 2.05) is 13.8 Å². The summed E-state index contributed by atoms with van der Waals surface area (Å²) < 4.78 is 10.5. The van der Waals surface area contributed by atoms with E-state index >= 15 is 0 Å². The van der Waals surface area contributed by atoms with Gasteiger partial charge in [-0.2, -0.15) is 0 Å². The second kappa shape index (κ2) is 4.86. The molecule has 0 aliphatic carbocycles. The van der Waals surface area contributed by atoms with Crippen LogP contribution in [0.3, 0.4) is 0 Å². The van der Waals surface area contributed by atoms with Crippen LogP contribution >= 0.6 is 0 Å². The molecular weight excluding hydrogens is 232 g/mol. The van der Waals surface area contributed by atoms with Crippen molar-refractivity contribution in [1.82, 2.24) is 0 Å². The monoisotopic (exact) mass is 250 g/mol. The first kappa shape index (κ1) is 12.7. The number of carbonyl (C=O) groups is 1. The van der Waals surface area contributed by atoms with Crippen LogP contribution < -0.4 is 20.5 Å². The zero-order valence-electron chi connectivity index (χ0n) is 10.7. The van der Waals surface area contributed by atoms with Crippen molar-refractivity contribution < 1.29 is 14.3 Å². The van der Waals surface area contributed by atoms with Gasteiger partial charge in [0.25, 0.3) is 0 Å². The highest BCUT2D eigenvalue weighted by atomic mass is 16.7. The fourth-order valence-electron chi connectivity index (χ4n) is 1.75. The van der Waals surface area contributed by atoms with E-state index in [-0.39, 0.29) is 12.7 Å². The molecule has 98 valence electrons. The van der Waals surface area contributed by atoms with Crippen LogP contribution in [0.5, 0.6) is 11.5 Å². The molecule has 1 amide bonds. The van der Waals surface area contributed by atoms with E-state index in [0.29, 0.717) is 30.2 Å². The summed E-state index contributed by atoms with van der Waals surface area (Å²) in [6.45, 7) is 4.47. The van der Waals surface area contributed by atoms with Crippen molar-refractivity contribution in [3.8, 4) is 11.5 Å². The van der Waals surface area contributed by atoms with Crippen LogP contribution in [0.1, 0.15) is 20.3 Å². The van der Waals surface area contributed by atoms with Crippen LogP contribution in [-0.2, 0) is 4.79 Å². The number of hydrogen-bond donors (Lipinski definition) is 2. The van der Waals surface area contributed by atoms with Crippen molar-refractivity contribution in [3.63, 3.8) is 0 Å². The number of nitrogens with two attached hydrogens (primary N) is 1. The first-order chi connectivity index (χ1) is 8.53. The molecule has 1 aromatic carbocycles. The Morgan fingerprint density at radius 3 is 2.83 bits per heavy atom. The molecule has 1 aliphatic rings. The molecule has 1 aliphatic heterocycles. The van der Waals surface area contributed by atoms with Gasteiger partial charge in [0.2, 0.25) is 12.7 Å². The molecule has 0 spiro atoms. The summed E-state index contributed by atoms with van der Waals surface area (Å²) in [6.07, 6.45) is 0.642. The number of carbonyl (C=O) groups excluding carboxylic acids is 1. The Morgan fingerprint density at radius 2 is 2.11 bits per heavy atom. The van der Waals surface area contributed by atoms with Crippen molar-refractivity contribution in [1.29, 1.82) is 0 Å². The van der Waals surface area contributed by atoms with E-state index in [2.05, 4.69) is 5.32 Å². The average molecular weight is 250 g/mol. The van der Waals surface area contributed by atoms with Gasteiger partial charge in [0, 0.05) is 17.2 Å². The van der Waals surface area contributed by atoms with Gasteiger partial charge in [-0.05, 0) is 25.1 Å². The second-order valence-corrected chi connectivity index (χ2v) is 4.94. The molecule has 0 saturated carbocycles. The minimum absolute atomic E-state index is 0.0492. The van der Waals surface area contributed by atoms with Gasteiger partial charge in [-0.15, -0.1) is 0 Å². The smallest absolute Gasteiger partial charge is 0.231 e. The van der Waals surface area contributed by atoms with E-state index in [0.717, 1.165) is 0 Å². The van der Waals surface area contributed by atoms with Crippen molar-refractivity contribution in [2.75, 3.05) is 18.7 Å². The Morgan fingerprint density at radius 1 is 1.39 bits per heavy atom. The van der Waals surface area contributed by atoms with E-state index in [1.54, 1.807) is 18.2 Å². The van der Waals surface area contributed by atoms with Crippen molar-refractivity contribution in [2.45, 2.75) is 20.3 Å². The number of nitrogens with one attached hydrogen (secondary N) is 1. The Bertz CT molecular complexity index is 458. The van der Waals surface area contributed by atoms with Crippen LogP contribution in [0, 0.1) is 5.41 Å². The summed E-state index contributed by atoms with van der Waals surface area (Å²) >= 11 is 0. The summed E-state index contributed by atoms with van der Waals surface area (Å²) in [6, 6.07) is 5.34. The van der Waals surface area contributed by atoms with Gasteiger partial charge < -0.3 is 20.5 Å². The molecule has 0 atom stereocenters. The lowest BCUT2D eigenvalue weighted by atomic mass is 9.88. The van der Waals surface area contributed by atoms with Crippen molar-refractivity contribution in [2.24, 2.45) is 11.1 Å². The van der Waals surface area contributed by atoms with Gasteiger partial charge in [0.1, 0.15) is 0 Å². The van der Waals surface area contributed by atoms with E-state index < -0.39 is 5.41 Å². The lowest BCUT2D eigenvalue weighted by molar-refractivity contribution is -0.124. The minimum atomic E-state index is -0.481. The summed E-state index contributed by atoms with van der Waals surface area (Å²) in [4.78, 5) is 12.1. The molecule has 0 aromatic heterocycles. The van der Waals surface area contributed by atoms with Crippen molar-refractivity contribution >= 4 is 11.6 Å². The van der Waals surface area contributed by atoms with Gasteiger partial charge in [0.05, 0.1) is 0 Å². The zero-order valence-corrected chi connectivity index (χ0v) is 10.7. The summed E-state index contributed by atoms with van der Waals surface area (Å²) in [5.41, 5.74) is 5.73. The van der Waals surface area contributed by atoms with Crippen LogP contribution in [0.2, 0.25) is 0 Å². The fraction of sp³-hybridized carbons (Fsp3) is 0.462.